The highest BCUT2D eigenvalue weighted by Crippen LogP contribution is 2.27. The van der Waals surface area contributed by atoms with Crippen molar-refractivity contribution in [1.29, 1.82) is 0 Å². The Morgan fingerprint density at radius 2 is 1.77 bits per heavy atom. The molecule has 0 bridgehead atoms. The molecular weight excluding hydrogens is 465 g/mol. The maximum absolute atomic E-state index is 12.9. The average Bonchev–Trinajstić information content (AvgIpc) is 3.11. The van der Waals surface area contributed by atoms with Crippen molar-refractivity contribution in [3.63, 3.8) is 0 Å². The van der Waals surface area contributed by atoms with E-state index in [0.717, 1.165) is 0 Å². The first-order chi connectivity index (χ1) is 14.8. The van der Waals surface area contributed by atoms with Crippen LogP contribution in [0.25, 0.3) is 0 Å². The molecule has 0 atom stereocenters. The van der Waals surface area contributed by atoms with Gasteiger partial charge in [0.2, 0.25) is 11.8 Å². The Labute approximate surface area is 195 Å². The fourth-order valence-electron chi connectivity index (χ4n) is 3.16. The number of ether oxygens (including phenoxy) is 1. The van der Waals surface area contributed by atoms with Crippen molar-refractivity contribution < 1.29 is 19.1 Å². The highest BCUT2D eigenvalue weighted by molar-refractivity contribution is 6.35. The van der Waals surface area contributed by atoms with Crippen LogP contribution >= 0.6 is 34.8 Å². The normalized spacial score (nSPS) is 13.6. The molecule has 1 saturated heterocycles. The molecule has 0 spiro atoms. The standard InChI is InChI=1S/C21H20Cl3N3O4/c1-31-6-5-25(21(30)14-3-2-4-15(22)7-14)11-19(28)26-12-20(29)27(13-26)18-9-16(23)8-17(24)10-18/h2-4,7-10H,5-6,11-13H2,1H3. The molecule has 3 rings (SSSR count). The second-order valence-corrected chi connectivity index (χ2v) is 8.22. The Morgan fingerprint density at radius 3 is 2.42 bits per heavy atom. The SMILES string of the molecule is COCCN(CC(=O)N1CC(=O)N(c2cc(Cl)cc(Cl)c2)C1)C(=O)c1cccc(Cl)c1. The number of nitrogens with zero attached hydrogens (tertiary/aromatic N) is 3. The molecule has 0 saturated carbocycles. The molecule has 7 nitrogen and oxygen atoms in total. The van der Waals surface area contributed by atoms with Crippen molar-refractivity contribution in [2.45, 2.75) is 0 Å². The first-order valence-corrected chi connectivity index (χ1v) is 10.5. The third-order valence-corrected chi connectivity index (χ3v) is 5.37. The van der Waals surface area contributed by atoms with Gasteiger partial charge in [0, 0.05) is 40.0 Å². The minimum Gasteiger partial charge on any atom is -0.383 e. The molecule has 3 amide bonds. The molecule has 0 radical (unpaired) electrons. The van der Waals surface area contributed by atoms with Crippen molar-refractivity contribution in [1.82, 2.24) is 9.80 Å². The summed E-state index contributed by atoms with van der Waals surface area (Å²) in [5.41, 5.74) is 0.869. The van der Waals surface area contributed by atoms with E-state index in [9.17, 15) is 14.4 Å². The van der Waals surface area contributed by atoms with Crippen molar-refractivity contribution in [3.8, 4) is 0 Å². The van der Waals surface area contributed by atoms with Crippen LogP contribution in [0, 0.1) is 0 Å². The summed E-state index contributed by atoms with van der Waals surface area (Å²) in [7, 11) is 1.51. The number of hydrogen-bond donors (Lipinski definition) is 0. The largest absolute Gasteiger partial charge is 0.383 e. The zero-order chi connectivity index (χ0) is 22.5. The van der Waals surface area contributed by atoms with Crippen LogP contribution in [0.2, 0.25) is 15.1 Å². The minimum atomic E-state index is -0.365. The molecule has 2 aromatic carbocycles. The first-order valence-electron chi connectivity index (χ1n) is 9.36. The molecule has 31 heavy (non-hydrogen) atoms. The fourth-order valence-corrected chi connectivity index (χ4v) is 3.86. The number of hydrogen-bond acceptors (Lipinski definition) is 4. The predicted molar refractivity (Wildman–Crippen MR) is 120 cm³/mol. The van der Waals surface area contributed by atoms with Gasteiger partial charge in [-0.05, 0) is 36.4 Å². The Balaban J connectivity index is 1.72. The van der Waals surface area contributed by atoms with E-state index in [1.807, 2.05) is 0 Å². The summed E-state index contributed by atoms with van der Waals surface area (Å²) < 4.78 is 5.07. The van der Waals surface area contributed by atoms with Crippen molar-refractivity contribution >= 4 is 58.2 Å². The lowest BCUT2D eigenvalue weighted by Gasteiger charge is -2.25. The van der Waals surface area contributed by atoms with Crippen LogP contribution in [0.15, 0.2) is 42.5 Å². The summed E-state index contributed by atoms with van der Waals surface area (Å²) in [6.45, 7) is 0.199. The number of methoxy groups -OCH3 is 1. The van der Waals surface area contributed by atoms with E-state index in [4.69, 9.17) is 39.5 Å². The van der Waals surface area contributed by atoms with Crippen LogP contribution in [-0.4, -0.2) is 67.5 Å². The monoisotopic (exact) mass is 483 g/mol. The zero-order valence-electron chi connectivity index (χ0n) is 16.7. The summed E-state index contributed by atoms with van der Waals surface area (Å²) in [4.78, 5) is 42.5. The van der Waals surface area contributed by atoms with Gasteiger partial charge in [-0.1, -0.05) is 40.9 Å². The average molecular weight is 485 g/mol. The molecule has 1 fully saturated rings. The second kappa shape index (κ2) is 10.3. The molecule has 1 aliphatic rings. The molecule has 1 aliphatic heterocycles. The van der Waals surface area contributed by atoms with Gasteiger partial charge >= 0.3 is 0 Å². The van der Waals surface area contributed by atoms with E-state index in [-0.39, 0.29) is 50.6 Å². The number of amides is 3. The van der Waals surface area contributed by atoms with Gasteiger partial charge in [-0.25, -0.2) is 0 Å². The smallest absolute Gasteiger partial charge is 0.254 e. The lowest BCUT2D eigenvalue weighted by Crippen LogP contribution is -2.44. The van der Waals surface area contributed by atoms with Crippen LogP contribution in [0.5, 0.6) is 0 Å². The van der Waals surface area contributed by atoms with Gasteiger partial charge in [0.1, 0.15) is 19.8 Å². The van der Waals surface area contributed by atoms with Gasteiger partial charge in [0.05, 0.1) is 6.61 Å². The van der Waals surface area contributed by atoms with E-state index >= 15 is 0 Å². The number of carbonyl (C=O) groups is 3. The van der Waals surface area contributed by atoms with E-state index in [0.29, 0.717) is 26.3 Å². The molecule has 0 aromatic heterocycles. The third-order valence-electron chi connectivity index (χ3n) is 4.70. The Morgan fingerprint density at radius 1 is 1.06 bits per heavy atom. The van der Waals surface area contributed by atoms with E-state index in [1.54, 1.807) is 36.4 Å². The van der Waals surface area contributed by atoms with Crippen LogP contribution in [0.3, 0.4) is 0 Å². The molecule has 0 aliphatic carbocycles. The van der Waals surface area contributed by atoms with Gasteiger partial charge in [0.25, 0.3) is 5.91 Å². The summed E-state index contributed by atoms with van der Waals surface area (Å²) >= 11 is 18.0. The van der Waals surface area contributed by atoms with E-state index < -0.39 is 0 Å². The van der Waals surface area contributed by atoms with Gasteiger partial charge in [0.15, 0.2) is 0 Å². The number of anilines is 1. The minimum absolute atomic E-state index is 0.0395. The van der Waals surface area contributed by atoms with Crippen molar-refractivity contribution in [2.75, 3.05) is 44.9 Å². The quantitative estimate of drug-likeness (QED) is 0.602. The topological polar surface area (TPSA) is 70.2 Å². The highest BCUT2D eigenvalue weighted by atomic mass is 35.5. The lowest BCUT2D eigenvalue weighted by atomic mass is 10.2. The van der Waals surface area contributed by atoms with Crippen LogP contribution in [-0.2, 0) is 14.3 Å². The van der Waals surface area contributed by atoms with Gasteiger partial charge in [-0.2, -0.15) is 0 Å². The maximum Gasteiger partial charge on any atom is 0.254 e. The Kier molecular flexibility index (Phi) is 7.78. The maximum atomic E-state index is 12.9. The Hall–Kier alpha value is -2.32. The summed E-state index contributed by atoms with van der Waals surface area (Å²) in [5, 5.41) is 1.20. The predicted octanol–water partition coefficient (Wildman–Crippen LogP) is 3.57. The number of carbonyl (C=O) groups excluding carboxylic acids is 3. The Bertz CT molecular complexity index is 981. The number of benzene rings is 2. The molecule has 0 N–H and O–H groups in total. The number of rotatable bonds is 7. The highest BCUT2D eigenvalue weighted by Gasteiger charge is 2.33. The van der Waals surface area contributed by atoms with E-state index in [1.165, 1.54) is 27.9 Å². The fraction of sp³-hybridized carbons (Fsp3) is 0.286. The van der Waals surface area contributed by atoms with Gasteiger partial charge in [-0.15, -0.1) is 0 Å². The second-order valence-electron chi connectivity index (χ2n) is 6.91. The van der Waals surface area contributed by atoms with Crippen molar-refractivity contribution in [2.24, 2.45) is 0 Å². The molecule has 164 valence electrons. The van der Waals surface area contributed by atoms with Gasteiger partial charge in [-0.3, -0.25) is 19.3 Å². The van der Waals surface area contributed by atoms with Crippen LogP contribution < -0.4 is 4.90 Å². The first kappa shape index (κ1) is 23.3. The number of halogens is 3. The third kappa shape index (κ3) is 5.89. The molecule has 10 heteroatoms. The zero-order valence-corrected chi connectivity index (χ0v) is 19.0. The molecule has 0 unspecified atom stereocenters. The van der Waals surface area contributed by atoms with Gasteiger partial charge < -0.3 is 14.5 Å². The molecule has 1 heterocycles. The summed E-state index contributed by atoms with van der Waals surface area (Å²) in [6, 6.07) is 11.3. The van der Waals surface area contributed by atoms with E-state index in [2.05, 4.69) is 0 Å². The summed E-state index contributed by atoms with van der Waals surface area (Å²) in [5.74, 6) is -0.983. The lowest BCUT2D eigenvalue weighted by molar-refractivity contribution is -0.132. The van der Waals surface area contributed by atoms with Crippen LogP contribution in [0.1, 0.15) is 10.4 Å². The van der Waals surface area contributed by atoms with Crippen LogP contribution in [0.4, 0.5) is 5.69 Å². The van der Waals surface area contributed by atoms with Crippen molar-refractivity contribution in [3.05, 3.63) is 63.1 Å². The molecular formula is C21H20Cl3N3O4. The molecule has 2 aromatic rings. The summed E-state index contributed by atoms with van der Waals surface area (Å²) in [6.07, 6.45) is 0.